The minimum atomic E-state index is -0.314. The lowest BCUT2D eigenvalue weighted by atomic mass is 10.1. The number of hydrazine groups is 1. The van der Waals surface area contributed by atoms with E-state index in [2.05, 4.69) is 77.4 Å². The molecule has 9 nitrogen and oxygen atoms in total. The second kappa shape index (κ2) is 12.2. The van der Waals surface area contributed by atoms with Gasteiger partial charge < -0.3 is 4.90 Å². The quantitative estimate of drug-likeness (QED) is 0.414. The maximum atomic E-state index is 13.1. The van der Waals surface area contributed by atoms with Gasteiger partial charge in [0, 0.05) is 57.2 Å². The van der Waals surface area contributed by atoms with E-state index in [1.807, 2.05) is 26.0 Å². The predicted octanol–water partition coefficient (Wildman–Crippen LogP) is 3.73. The number of carbonyl (C=O) groups excluding carboxylic acids is 1. The fourth-order valence-electron chi connectivity index (χ4n) is 4.08. The molecule has 1 aliphatic heterocycles. The van der Waals surface area contributed by atoms with Gasteiger partial charge in [-0.15, -0.1) is 0 Å². The van der Waals surface area contributed by atoms with Crippen LogP contribution in [-0.4, -0.2) is 70.4 Å². The predicted molar refractivity (Wildman–Crippen MR) is 147 cm³/mol. The van der Waals surface area contributed by atoms with Gasteiger partial charge in [0.2, 0.25) is 5.82 Å². The number of aromatic nitrogens is 3. The number of likely N-dealkylation sites (N-methyl/N-ethyl adjacent to an activating group) is 1. The van der Waals surface area contributed by atoms with E-state index in [-0.39, 0.29) is 17.6 Å². The van der Waals surface area contributed by atoms with Crippen LogP contribution in [0.5, 0.6) is 0 Å². The van der Waals surface area contributed by atoms with Crippen molar-refractivity contribution >= 4 is 27.7 Å². The van der Waals surface area contributed by atoms with Crippen molar-refractivity contribution in [3.63, 3.8) is 0 Å². The molecule has 1 saturated heterocycles. The Kier molecular flexibility index (Phi) is 8.82. The van der Waals surface area contributed by atoms with Gasteiger partial charge in [0.1, 0.15) is 6.07 Å². The molecule has 10 heteroatoms. The monoisotopic (exact) mass is 562 g/mol. The summed E-state index contributed by atoms with van der Waals surface area (Å²) in [7, 11) is 2.17. The average Bonchev–Trinajstić information content (AvgIpc) is 2.90. The molecule has 2 aromatic heterocycles. The van der Waals surface area contributed by atoms with E-state index in [0.717, 1.165) is 44.0 Å². The van der Waals surface area contributed by atoms with Gasteiger partial charge in [-0.05, 0) is 46.6 Å². The van der Waals surface area contributed by atoms with Gasteiger partial charge in [-0.1, -0.05) is 38.1 Å². The number of nitrogens with one attached hydrogen (secondary N) is 1. The van der Waals surface area contributed by atoms with E-state index in [9.17, 15) is 10.1 Å². The summed E-state index contributed by atoms with van der Waals surface area (Å²) in [5, 5.41) is 10.8. The summed E-state index contributed by atoms with van der Waals surface area (Å²) >= 11 is 3.42. The first-order chi connectivity index (χ1) is 17.8. The maximum absolute atomic E-state index is 13.1. The van der Waals surface area contributed by atoms with Crippen LogP contribution in [0, 0.1) is 17.2 Å². The third-order valence-corrected chi connectivity index (χ3v) is 6.70. The minimum absolute atomic E-state index is 0.0294. The first-order valence-electron chi connectivity index (χ1n) is 12.3. The van der Waals surface area contributed by atoms with E-state index in [4.69, 9.17) is 0 Å². The number of pyridine rings is 1. The Labute approximate surface area is 226 Å². The third-order valence-electron chi connectivity index (χ3n) is 6.14. The zero-order valence-electron chi connectivity index (χ0n) is 21.4. The molecule has 1 aliphatic rings. The van der Waals surface area contributed by atoms with Gasteiger partial charge >= 0.3 is 0 Å². The van der Waals surface area contributed by atoms with Crippen molar-refractivity contribution in [3.8, 4) is 17.3 Å². The average molecular weight is 564 g/mol. The lowest BCUT2D eigenvalue weighted by molar-refractivity contribution is 0.0947. The number of benzene rings is 1. The highest BCUT2D eigenvalue weighted by Gasteiger charge is 2.19. The highest BCUT2D eigenvalue weighted by Crippen LogP contribution is 2.23. The Morgan fingerprint density at radius 3 is 2.46 bits per heavy atom. The van der Waals surface area contributed by atoms with Gasteiger partial charge in [0.15, 0.2) is 5.82 Å². The molecule has 0 atom stereocenters. The molecule has 1 N–H and O–H groups in total. The molecule has 3 heterocycles. The molecule has 0 saturated carbocycles. The highest BCUT2D eigenvalue weighted by molar-refractivity contribution is 9.10. The second-order valence-corrected chi connectivity index (χ2v) is 10.5. The Bertz CT molecular complexity index is 1250. The van der Waals surface area contributed by atoms with Crippen molar-refractivity contribution in [1.82, 2.24) is 30.2 Å². The van der Waals surface area contributed by atoms with E-state index in [0.29, 0.717) is 22.4 Å². The summed E-state index contributed by atoms with van der Waals surface area (Å²) in [6, 6.07) is 14.0. The number of halogens is 1. The number of nitrogens with zero attached hydrogens (tertiary/aromatic N) is 7. The number of rotatable bonds is 8. The molecule has 1 aromatic carbocycles. The number of amides is 1. The second-order valence-electron chi connectivity index (χ2n) is 9.63. The largest absolute Gasteiger partial charge is 0.304 e. The molecule has 3 aromatic rings. The first kappa shape index (κ1) is 26.7. The topological polar surface area (TPSA) is 101 Å². The lowest BCUT2D eigenvalue weighted by Gasteiger charge is -2.32. The van der Waals surface area contributed by atoms with Crippen molar-refractivity contribution in [2.24, 2.45) is 5.92 Å². The number of hydrogen-bond donors (Lipinski definition) is 1. The lowest BCUT2D eigenvalue weighted by Crippen LogP contribution is -2.45. The number of hydrogen-bond acceptors (Lipinski definition) is 8. The Morgan fingerprint density at radius 1 is 1.11 bits per heavy atom. The van der Waals surface area contributed by atoms with Crippen molar-refractivity contribution < 1.29 is 4.79 Å². The maximum Gasteiger partial charge on any atom is 0.271 e. The van der Waals surface area contributed by atoms with Gasteiger partial charge in [0.05, 0.1) is 15.7 Å². The fraction of sp³-hybridized carbons (Fsp3) is 0.370. The summed E-state index contributed by atoms with van der Waals surface area (Å²) in [4.78, 5) is 30.6. The number of carbonyl (C=O) groups is 1. The molecule has 0 spiro atoms. The van der Waals surface area contributed by atoms with Gasteiger partial charge in [-0.2, -0.15) is 10.2 Å². The first-order valence-corrected chi connectivity index (χ1v) is 13.1. The Balaban J connectivity index is 1.43. The molecule has 0 radical (unpaired) electrons. The highest BCUT2D eigenvalue weighted by atomic mass is 79.9. The van der Waals surface area contributed by atoms with Crippen LogP contribution in [-0.2, 0) is 6.54 Å². The van der Waals surface area contributed by atoms with Crippen LogP contribution in [0.25, 0.3) is 11.3 Å². The molecule has 0 bridgehead atoms. The van der Waals surface area contributed by atoms with Crippen LogP contribution in [0.3, 0.4) is 0 Å². The van der Waals surface area contributed by atoms with E-state index >= 15 is 0 Å². The Morgan fingerprint density at radius 2 is 1.84 bits per heavy atom. The standard InChI is InChI=1S/C27H31BrN8O/c1-19(2)17-36(26-23(28)16-31-25(14-29)32-26)33-27(37)22-8-9-24(30-15-22)21-6-4-20(5-7-21)18-35-12-10-34(3)11-13-35/h4-9,15-16,19H,10-13,17-18H2,1-3H3,(H,33,37). The molecule has 4 rings (SSSR count). The molecule has 0 aliphatic carbocycles. The van der Waals surface area contributed by atoms with Gasteiger partial charge in [-0.3, -0.25) is 25.1 Å². The summed E-state index contributed by atoms with van der Waals surface area (Å²) < 4.78 is 0.581. The van der Waals surface area contributed by atoms with Gasteiger partial charge in [0.25, 0.3) is 5.91 Å². The molecule has 1 amide bonds. The normalized spacial score (nSPS) is 14.4. The molecule has 192 valence electrons. The summed E-state index contributed by atoms with van der Waals surface area (Å²) in [6.07, 6.45) is 3.08. The van der Waals surface area contributed by atoms with Crippen LogP contribution in [0.15, 0.2) is 53.3 Å². The molecule has 0 unspecified atom stereocenters. The molecular formula is C27H31BrN8O. The van der Waals surface area contributed by atoms with E-state index < -0.39 is 0 Å². The van der Waals surface area contributed by atoms with Crippen LogP contribution < -0.4 is 10.4 Å². The number of piperazine rings is 1. The van der Waals surface area contributed by atoms with E-state index in [1.165, 1.54) is 11.8 Å². The zero-order valence-corrected chi connectivity index (χ0v) is 22.9. The molecular weight excluding hydrogens is 532 g/mol. The summed E-state index contributed by atoms with van der Waals surface area (Å²) in [6.45, 7) is 9.91. The SMILES string of the molecule is CC(C)CN(NC(=O)c1ccc(-c2ccc(CN3CCN(C)CC3)cc2)nc1)c1nc(C#N)ncc1Br. The van der Waals surface area contributed by atoms with Crippen LogP contribution in [0.1, 0.15) is 35.6 Å². The fourth-order valence-corrected chi connectivity index (χ4v) is 4.49. The van der Waals surface area contributed by atoms with Crippen molar-refractivity contribution in [2.45, 2.75) is 20.4 Å². The number of nitriles is 1. The van der Waals surface area contributed by atoms with Crippen molar-refractivity contribution in [1.29, 1.82) is 5.26 Å². The zero-order chi connectivity index (χ0) is 26.4. The van der Waals surface area contributed by atoms with E-state index in [1.54, 1.807) is 17.3 Å². The number of anilines is 1. The third kappa shape index (κ3) is 7.10. The smallest absolute Gasteiger partial charge is 0.271 e. The van der Waals surface area contributed by atoms with Crippen LogP contribution in [0.2, 0.25) is 0 Å². The minimum Gasteiger partial charge on any atom is -0.304 e. The molecule has 1 fully saturated rings. The Hall–Kier alpha value is -3.39. The summed E-state index contributed by atoms with van der Waals surface area (Å²) in [5.41, 5.74) is 6.42. The molecule has 37 heavy (non-hydrogen) atoms. The van der Waals surface area contributed by atoms with Crippen LogP contribution >= 0.6 is 15.9 Å². The van der Waals surface area contributed by atoms with Crippen LogP contribution in [0.4, 0.5) is 5.82 Å². The van der Waals surface area contributed by atoms with Crippen molar-refractivity contribution in [2.75, 3.05) is 44.8 Å². The van der Waals surface area contributed by atoms with Gasteiger partial charge in [-0.25, -0.2) is 4.98 Å². The van der Waals surface area contributed by atoms with Crippen molar-refractivity contribution in [3.05, 3.63) is 70.2 Å². The summed E-state index contributed by atoms with van der Waals surface area (Å²) in [5.74, 6) is 0.371.